The predicted molar refractivity (Wildman–Crippen MR) is 119 cm³/mol. The van der Waals surface area contributed by atoms with Crippen LogP contribution < -0.4 is 5.32 Å². The molecular formula is C23H24ClN3O4. The topological polar surface area (TPSA) is 93.5 Å². The number of anilines is 1. The molecule has 1 aromatic heterocycles. The summed E-state index contributed by atoms with van der Waals surface area (Å²) in [6, 6.07) is 13.9. The molecule has 0 amide bonds. The molecule has 162 valence electrons. The van der Waals surface area contributed by atoms with Crippen LogP contribution in [0.3, 0.4) is 0 Å². The maximum absolute atomic E-state index is 11.7. The number of carbonyl (C=O) groups excluding carboxylic acids is 1. The number of nitrogens with one attached hydrogen (secondary N) is 1. The number of aromatic carboxylic acids is 1. The van der Waals surface area contributed by atoms with Crippen LogP contribution >= 0.6 is 11.6 Å². The van der Waals surface area contributed by atoms with Crippen LogP contribution in [0.4, 0.5) is 5.69 Å². The number of imidazole rings is 1. The number of rotatable bonds is 9. The number of halogens is 1. The number of carbonyl (C=O) groups is 2. The number of nitrogens with zero attached hydrogens (tertiary/aromatic N) is 2. The summed E-state index contributed by atoms with van der Waals surface area (Å²) in [4.78, 5) is 27.7. The van der Waals surface area contributed by atoms with E-state index in [4.69, 9.17) is 16.3 Å². The Kier molecular flexibility index (Phi) is 7.31. The van der Waals surface area contributed by atoms with Crippen LogP contribution in [0.5, 0.6) is 0 Å². The van der Waals surface area contributed by atoms with Gasteiger partial charge in [0.05, 0.1) is 30.5 Å². The van der Waals surface area contributed by atoms with Gasteiger partial charge < -0.3 is 19.7 Å². The highest BCUT2D eigenvalue weighted by atomic mass is 35.5. The Hall–Kier alpha value is -3.32. The van der Waals surface area contributed by atoms with E-state index in [0.29, 0.717) is 29.5 Å². The summed E-state index contributed by atoms with van der Waals surface area (Å²) in [7, 11) is 1.35. The van der Waals surface area contributed by atoms with Crippen molar-refractivity contribution in [2.45, 2.75) is 32.9 Å². The molecule has 3 aromatic rings. The maximum Gasteiger partial charge on any atom is 0.337 e. The van der Waals surface area contributed by atoms with Crippen molar-refractivity contribution < 1.29 is 19.4 Å². The van der Waals surface area contributed by atoms with Crippen LogP contribution in [0.1, 0.15) is 51.1 Å². The molecule has 0 saturated heterocycles. The van der Waals surface area contributed by atoms with Gasteiger partial charge in [0.1, 0.15) is 5.82 Å². The molecule has 0 fully saturated rings. The smallest absolute Gasteiger partial charge is 0.337 e. The first-order valence-corrected chi connectivity index (χ1v) is 10.3. The molecule has 0 aliphatic rings. The number of methoxy groups -OCH3 is 1. The lowest BCUT2D eigenvalue weighted by molar-refractivity contribution is 0.0599. The second-order valence-corrected chi connectivity index (χ2v) is 7.35. The minimum atomic E-state index is -1.000. The van der Waals surface area contributed by atoms with Crippen molar-refractivity contribution in [2.75, 3.05) is 12.4 Å². The summed E-state index contributed by atoms with van der Waals surface area (Å²) < 4.78 is 6.78. The van der Waals surface area contributed by atoms with Gasteiger partial charge in [-0.2, -0.15) is 0 Å². The lowest BCUT2D eigenvalue weighted by Crippen LogP contribution is -2.13. The van der Waals surface area contributed by atoms with Gasteiger partial charge in [0.15, 0.2) is 5.15 Å². The summed E-state index contributed by atoms with van der Waals surface area (Å²) in [5.41, 5.74) is 2.93. The Morgan fingerprint density at radius 1 is 1.16 bits per heavy atom. The molecule has 0 atom stereocenters. The first-order chi connectivity index (χ1) is 14.9. The van der Waals surface area contributed by atoms with E-state index in [1.165, 1.54) is 7.11 Å². The number of aryl methyl sites for hydroxylation is 1. The average Bonchev–Trinajstić information content (AvgIpc) is 3.06. The molecule has 8 heteroatoms. The largest absolute Gasteiger partial charge is 0.478 e. The summed E-state index contributed by atoms with van der Waals surface area (Å²) in [5, 5.41) is 13.0. The van der Waals surface area contributed by atoms with Crippen molar-refractivity contribution in [1.29, 1.82) is 0 Å². The van der Waals surface area contributed by atoms with Crippen LogP contribution in [0, 0.1) is 0 Å². The number of carboxylic acids is 1. The second kappa shape index (κ2) is 10.1. The Morgan fingerprint density at radius 2 is 1.87 bits per heavy atom. The number of hydrogen-bond acceptors (Lipinski definition) is 5. The van der Waals surface area contributed by atoms with Gasteiger partial charge in [-0.1, -0.05) is 42.8 Å². The third-order valence-electron chi connectivity index (χ3n) is 4.90. The SMILES string of the molecule is CCCc1nc(Cl)c(CNc2ccccc2C(=O)O)n1Cc1ccc(C(=O)OC)cc1. The van der Waals surface area contributed by atoms with E-state index in [-0.39, 0.29) is 11.5 Å². The molecule has 7 nitrogen and oxygen atoms in total. The van der Waals surface area contributed by atoms with Gasteiger partial charge in [-0.15, -0.1) is 0 Å². The number of para-hydroxylation sites is 1. The van der Waals surface area contributed by atoms with Crippen LogP contribution in [-0.2, 0) is 24.2 Å². The van der Waals surface area contributed by atoms with Gasteiger partial charge in [-0.25, -0.2) is 14.6 Å². The fourth-order valence-corrected chi connectivity index (χ4v) is 3.59. The molecule has 0 spiro atoms. The Balaban J connectivity index is 1.88. The Labute approximate surface area is 185 Å². The number of hydrogen-bond donors (Lipinski definition) is 2. The highest BCUT2D eigenvalue weighted by Gasteiger charge is 2.17. The fourth-order valence-electron chi connectivity index (χ4n) is 3.32. The third-order valence-corrected chi connectivity index (χ3v) is 5.20. The summed E-state index contributed by atoms with van der Waals surface area (Å²) >= 11 is 6.46. The lowest BCUT2D eigenvalue weighted by Gasteiger charge is -2.14. The fraction of sp³-hybridized carbons (Fsp3) is 0.261. The minimum Gasteiger partial charge on any atom is -0.478 e. The van der Waals surface area contributed by atoms with E-state index in [9.17, 15) is 14.7 Å². The minimum absolute atomic E-state index is 0.192. The summed E-state index contributed by atoms with van der Waals surface area (Å²) in [5.74, 6) is -0.529. The van der Waals surface area contributed by atoms with Crippen molar-refractivity contribution in [2.24, 2.45) is 0 Å². The van der Waals surface area contributed by atoms with Crippen LogP contribution in [0.15, 0.2) is 48.5 Å². The maximum atomic E-state index is 11.7. The zero-order valence-electron chi connectivity index (χ0n) is 17.4. The van der Waals surface area contributed by atoms with Crippen molar-refractivity contribution in [3.05, 3.63) is 81.9 Å². The number of aromatic nitrogens is 2. The molecule has 31 heavy (non-hydrogen) atoms. The molecule has 0 radical (unpaired) electrons. The lowest BCUT2D eigenvalue weighted by atomic mass is 10.1. The average molecular weight is 442 g/mol. The first kappa shape index (κ1) is 22.4. The molecular weight excluding hydrogens is 418 g/mol. The molecule has 2 N–H and O–H groups in total. The monoisotopic (exact) mass is 441 g/mol. The first-order valence-electron chi connectivity index (χ1n) is 9.91. The molecule has 0 bridgehead atoms. The standard InChI is InChI=1S/C23H24ClN3O4/c1-3-6-20-26-21(24)19(13-25-18-8-5-4-7-17(18)22(28)29)27(20)14-15-9-11-16(12-10-15)23(30)31-2/h4-5,7-12,25H,3,6,13-14H2,1-2H3,(H,28,29). The van der Waals surface area contributed by atoms with E-state index < -0.39 is 5.97 Å². The van der Waals surface area contributed by atoms with Gasteiger partial charge in [-0.05, 0) is 36.2 Å². The van der Waals surface area contributed by atoms with Gasteiger partial charge >= 0.3 is 11.9 Å². The van der Waals surface area contributed by atoms with E-state index >= 15 is 0 Å². The van der Waals surface area contributed by atoms with Gasteiger partial charge in [0.25, 0.3) is 0 Å². The summed E-state index contributed by atoms with van der Waals surface area (Å²) in [6.45, 7) is 2.91. The van der Waals surface area contributed by atoms with Gasteiger partial charge in [-0.3, -0.25) is 0 Å². The highest BCUT2D eigenvalue weighted by Crippen LogP contribution is 2.23. The summed E-state index contributed by atoms with van der Waals surface area (Å²) in [6.07, 6.45) is 1.66. The van der Waals surface area contributed by atoms with E-state index in [1.807, 2.05) is 16.7 Å². The predicted octanol–water partition coefficient (Wildman–Crippen LogP) is 4.63. The van der Waals surface area contributed by atoms with E-state index in [1.54, 1.807) is 36.4 Å². The molecule has 0 saturated carbocycles. The zero-order chi connectivity index (χ0) is 22.4. The Bertz CT molecular complexity index is 1080. The zero-order valence-corrected chi connectivity index (χ0v) is 18.1. The van der Waals surface area contributed by atoms with Crippen molar-refractivity contribution in [1.82, 2.24) is 9.55 Å². The normalized spacial score (nSPS) is 10.7. The molecule has 0 unspecified atom stereocenters. The van der Waals surface area contributed by atoms with Crippen LogP contribution in [0.2, 0.25) is 5.15 Å². The third kappa shape index (κ3) is 5.24. The van der Waals surface area contributed by atoms with Crippen molar-refractivity contribution >= 4 is 29.2 Å². The second-order valence-electron chi connectivity index (χ2n) is 6.99. The van der Waals surface area contributed by atoms with E-state index in [2.05, 4.69) is 17.2 Å². The molecule has 3 rings (SSSR count). The van der Waals surface area contributed by atoms with E-state index in [0.717, 1.165) is 29.9 Å². The Morgan fingerprint density at radius 3 is 2.52 bits per heavy atom. The number of ether oxygens (including phenoxy) is 1. The van der Waals surface area contributed by atoms with Crippen molar-refractivity contribution in [3.63, 3.8) is 0 Å². The number of carboxylic acid groups (broad SMARTS) is 1. The molecule has 0 aliphatic heterocycles. The van der Waals surface area contributed by atoms with Gasteiger partial charge in [0, 0.05) is 18.7 Å². The van der Waals surface area contributed by atoms with Crippen LogP contribution in [0.25, 0.3) is 0 Å². The number of esters is 1. The molecule has 1 heterocycles. The molecule has 2 aromatic carbocycles. The van der Waals surface area contributed by atoms with Crippen LogP contribution in [-0.4, -0.2) is 33.7 Å². The van der Waals surface area contributed by atoms with Crippen molar-refractivity contribution in [3.8, 4) is 0 Å². The highest BCUT2D eigenvalue weighted by molar-refractivity contribution is 6.30. The number of benzene rings is 2. The molecule has 0 aliphatic carbocycles. The quantitative estimate of drug-likeness (QED) is 0.470. The van der Waals surface area contributed by atoms with Gasteiger partial charge in [0.2, 0.25) is 0 Å².